The lowest BCUT2D eigenvalue weighted by Crippen LogP contribution is -2.23. The van der Waals surface area contributed by atoms with Gasteiger partial charge >= 0.3 is 0 Å². The minimum absolute atomic E-state index is 0.262. The molecule has 2 nitrogen and oxygen atoms in total. The van der Waals surface area contributed by atoms with Crippen LogP contribution in [-0.2, 0) is 4.57 Å². The van der Waals surface area contributed by atoms with Crippen molar-refractivity contribution in [3.8, 4) is 28.0 Å². The fraction of sp³-hybridized carbons (Fsp3) is 0.235. The van der Waals surface area contributed by atoms with Gasteiger partial charge in [0.25, 0.3) is 0 Å². The molecule has 0 unspecified atom stereocenters. The summed E-state index contributed by atoms with van der Waals surface area (Å²) >= 11 is 0. The number of benzene rings is 5. The van der Waals surface area contributed by atoms with Crippen molar-refractivity contribution in [3.05, 3.63) is 95.6 Å². The Labute approximate surface area is 219 Å². The van der Waals surface area contributed by atoms with Gasteiger partial charge in [0.1, 0.15) is 12.1 Å². The van der Waals surface area contributed by atoms with Crippen molar-refractivity contribution in [2.24, 2.45) is 0 Å². The fourth-order valence-electron chi connectivity index (χ4n) is 6.23. The van der Waals surface area contributed by atoms with Crippen molar-refractivity contribution in [1.82, 2.24) is 0 Å². The number of hydrogen-bond donors (Lipinski definition) is 0. The van der Waals surface area contributed by atoms with Crippen LogP contribution in [-0.4, -0.2) is 11.5 Å². The number of ether oxygens (including phenoxy) is 1. The van der Waals surface area contributed by atoms with E-state index in [0.29, 0.717) is 0 Å². The van der Waals surface area contributed by atoms with Crippen molar-refractivity contribution in [1.29, 1.82) is 0 Å². The lowest BCUT2D eigenvalue weighted by Gasteiger charge is -2.28. The Kier molecular flexibility index (Phi) is 5.41. The van der Waals surface area contributed by atoms with Crippen LogP contribution >= 0.6 is 7.14 Å². The van der Waals surface area contributed by atoms with E-state index < -0.39 is 12.3 Å². The molecule has 0 radical (unpaired) electrons. The molecule has 5 aromatic rings. The van der Waals surface area contributed by atoms with E-state index in [4.69, 9.17) is 4.74 Å². The molecule has 0 fully saturated rings. The van der Waals surface area contributed by atoms with Crippen LogP contribution in [0.2, 0.25) is 0 Å². The lowest BCUT2D eigenvalue weighted by molar-refractivity contribution is 0.389. The third-order valence-electron chi connectivity index (χ3n) is 7.97. The maximum absolute atomic E-state index is 14.6. The zero-order chi connectivity index (χ0) is 26.1. The van der Waals surface area contributed by atoms with Gasteiger partial charge in [-0.2, -0.15) is 0 Å². The summed E-state index contributed by atoms with van der Waals surface area (Å²) in [5.41, 5.74) is 8.59. The van der Waals surface area contributed by atoms with E-state index in [2.05, 4.69) is 108 Å². The maximum atomic E-state index is 14.6. The van der Waals surface area contributed by atoms with Crippen LogP contribution in [0, 0.1) is 20.8 Å². The molecule has 1 aliphatic rings. The molecule has 6 rings (SSSR count). The molecule has 5 aromatic carbocycles. The molecule has 0 bridgehead atoms. The lowest BCUT2D eigenvalue weighted by atomic mass is 9.83. The van der Waals surface area contributed by atoms with E-state index >= 15 is 0 Å². The largest absolute Gasteiger partial charge is 0.485 e. The second-order valence-electron chi connectivity index (χ2n) is 11.5. The first-order valence-corrected chi connectivity index (χ1v) is 14.9. The highest BCUT2D eigenvalue weighted by atomic mass is 31.2. The van der Waals surface area contributed by atoms with Crippen molar-refractivity contribution >= 4 is 34.0 Å². The van der Waals surface area contributed by atoms with Crippen LogP contribution in [0.15, 0.2) is 78.9 Å². The predicted octanol–water partition coefficient (Wildman–Crippen LogP) is 9.39. The number of aryl methyl sites for hydroxylation is 3. The molecule has 0 aromatic heterocycles. The Balaban J connectivity index is 1.81. The second kappa shape index (κ2) is 8.33. The van der Waals surface area contributed by atoms with Gasteiger partial charge in [-0.3, -0.25) is 0 Å². The van der Waals surface area contributed by atoms with E-state index in [9.17, 15) is 4.57 Å². The van der Waals surface area contributed by atoms with Crippen LogP contribution < -0.4 is 10.0 Å². The third-order valence-corrected chi connectivity index (χ3v) is 11.8. The van der Waals surface area contributed by atoms with Crippen molar-refractivity contribution in [2.75, 3.05) is 6.35 Å². The standard InChI is InChI=1S/C34H33O2P/c1-21-18-22(2)30(23(3)19-21)32-26-14-9-7-12-24(26)31(25-13-8-10-15-27(25)32)28-16-11-17-29-33(28)37(35,20-36-29)34(4,5)6/h7-19H,20H2,1-6H3/t37-/m1/s1. The molecule has 0 spiro atoms. The van der Waals surface area contributed by atoms with Gasteiger partial charge in [-0.15, -0.1) is 0 Å². The van der Waals surface area contributed by atoms with E-state index in [1.807, 2.05) is 12.1 Å². The molecule has 0 saturated carbocycles. The van der Waals surface area contributed by atoms with Crippen molar-refractivity contribution in [3.63, 3.8) is 0 Å². The molecule has 1 heterocycles. The average Bonchev–Trinajstić information content (AvgIpc) is 3.21. The predicted molar refractivity (Wildman–Crippen MR) is 159 cm³/mol. The summed E-state index contributed by atoms with van der Waals surface area (Å²) in [6.07, 6.45) is 0.262. The van der Waals surface area contributed by atoms with E-state index in [1.54, 1.807) is 0 Å². The summed E-state index contributed by atoms with van der Waals surface area (Å²) in [4.78, 5) is 0. The van der Waals surface area contributed by atoms with Gasteiger partial charge in [0.15, 0.2) is 7.14 Å². The van der Waals surface area contributed by atoms with Gasteiger partial charge in [0, 0.05) is 5.16 Å². The first-order chi connectivity index (χ1) is 17.6. The summed E-state index contributed by atoms with van der Waals surface area (Å²) < 4.78 is 20.7. The zero-order valence-electron chi connectivity index (χ0n) is 22.5. The topological polar surface area (TPSA) is 26.3 Å². The average molecular weight is 505 g/mol. The van der Waals surface area contributed by atoms with Crippen LogP contribution in [0.1, 0.15) is 37.5 Å². The number of hydrogen-bond acceptors (Lipinski definition) is 2. The number of rotatable bonds is 2. The van der Waals surface area contributed by atoms with Gasteiger partial charge in [-0.25, -0.2) is 0 Å². The smallest absolute Gasteiger partial charge is 0.160 e. The molecular weight excluding hydrogens is 471 g/mol. The highest BCUT2D eigenvalue weighted by Crippen LogP contribution is 2.63. The Hall–Kier alpha value is -3.35. The van der Waals surface area contributed by atoms with Crippen LogP contribution in [0.25, 0.3) is 43.8 Å². The summed E-state index contributed by atoms with van der Waals surface area (Å²) in [5, 5.41) is 5.29. The normalized spacial score (nSPS) is 17.2. The summed E-state index contributed by atoms with van der Waals surface area (Å²) in [7, 11) is -2.82. The fourth-order valence-corrected chi connectivity index (χ4v) is 8.81. The summed E-state index contributed by atoms with van der Waals surface area (Å²) in [5.74, 6) is 0.762. The molecule has 0 saturated heterocycles. The Morgan fingerprint density at radius 1 is 0.676 bits per heavy atom. The molecule has 0 N–H and O–H groups in total. The monoisotopic (exact) mass is 504 g/mol. The Bertz CT molecular complexity index is 1690. The SMILES string of the molecule is Cc1cc(C)c(-c2c3ccccc3c(-c3cccc4c3[P@@](=O)(C(C)(C)C)CO4)c3ccccc23)c(C)c1. The van der Waals surface area contributed by atoms with Crippen molar-refractivity contribution in [2.45, 2.75) is 46.7 Å². The van der Waals surface area contributed by atoms with Crippen LogP contribution in [0.5, 0.6) is 5.75 Å². The minimum atomic E-state index is -2.82. The Morgan fingerprint density at radius 2 is 1.19 bits per heavy atom. The summed E-state index contributed by atoms with van der Waals surface area (Å²) in [6, 6.07) is 28.1. The molecule has 0 aliphatic carbocycles. The molecule has 1 atom stereocenters. The van der Waals surface area contributed by atoms with Gasteiger partial charge in [0.2, 0.25) is 0 Å². The maximum Gasteiger partial charge on any atom is 0.160 e. The van der Waals surface area contributed by atoms with Gasteiger partial charge < -0.3 is 9.30 Å². The molecule has 0 amide bonds. The van der Waals surface area contributed by atoms with Crippen LogP contribution in [0.3, 0.4) is 0 Å². The first kappa shape index (κ1) is 24.0. The third kappa shape index (κ3) is 3.50. The molecular formula is C34H33O2P. The molecule has 3 heteroatoms. The minimum Gasteiger partial charge on any atom is -0.485 e. The Morgan fingerprint density at radius 3 is 1.70 bits per heavy atom. The number of fused-ring (bicyclic) bond motifs is 3. The summed E-state index contributed by atoms with van der Waals surface area (Å²) in [6.45, 7) is 12.8. The highest BCUT2D eigenvalue weighted by molar-refractivity contribution is 7.73. The zero-order valence-corrected chi connectivity index (χ0v) is 23.4. The van der Waals surface area contributed by atoms with Crippen LogP contribution in [0.4, 0.5) is 0 Å². The quantitative estimate of drug-likeness (QED) is 0.177. The van der Waals surface area contributed by atoms with Gasteiger partial charge in [0.05, 0.1) is 5.30 Å². The van der Waals surface area contributed by atoms with Gasteiger partial charge in [-0.05, 0) is 81.8 Å². The van der Waals surface area contributed by atoms with E-state index in [-0.39, 0.29) is 6.35 Å². The molecule has 186 valence electrons. The first-order valence-electron chi connectivity index (χ1n) is 13.0. The molecule has 1 aliphatic heterocycles. The van der Waals surface area contributed by atoms with E-state index in [0.717, 1.165) is 22.2 Å². The highest BCUT2D eigenvalue weighted by Gasteiger charge is 2.46. The van der Waals surface area contributed by atoms with E-state index in [1.165, 1.54) is 49.4 Å². The molecule has 37 heavy (non-hydrogen) atoms. The van der Waals surface area contributed by atoms with Crippen molar-refractivity contribution < 1.29 is 9.30 Å². The van der Waals surface area contributed by atoms with Gasteiger partial charge in [-0.1, -0.05) is 99.1 Å². The second-order valence-corrected chi connectivity index (χ2v) is 15.0.